The monoisotopic (exact) mass is 232 g/mol. The van der Waals surface area contributed by atoms with E-state index in [-0.39, 0.29) is 0 Å². The molecule has 0 aromatic heterocycles. The van der Waals surface area contributed by atoms with E-state index in [0.29, 0.717) is 6.04 Å². The van der Waals surface area contributed by atoms with E-state index in [1.54, 1.807) is 0 Å². The van der Waals surface area contributed by atoms with Gasteiger partial charge in [-0.25, -0.2) is 0 Å². The summed E-state index contributed by atoms with van der Waals surface area (Å²) in [4.78, 5) is 0. The molecule has 0 spiro atoms. The van der Waals surface area contributed by atoms with Gasteiger partial charge in [0.1, 0.15) is 0 Å². The van der Waals surface area contributed by atoms with Gasteiger partial charge < -0.3 is 10.6 Å². The van der Waals surface area contributed by atoms with Gasteiger partial charge in [0, 0.05) is 6.04 Å². The number of hydrogen-bond acceptors (Lipinski definition) is 2. The molecule has 2 nitrogen and oxygen atoms in total. The highest BCUT2D eigenvalue weighted by atomic mass is 14.9. The Labute approximate surface area is 105 Å². The van der Waals surface area contributed by atoms with Gasteiger partial charge >= 0.3 is 0 Å². The molecule has 1 aromatic carbocycles. The molecular weight excluding hydrogens is 208 g/mol. The molecule has 0 aliphatic carbocycles. The fraction of sp³-hybridized carbons (Fsp3) is 0.600. The molecule has 0 radical (unpaired) electrons. The molecular formula is C15H24N2. The Kier molecular flexibility index (Phi) is 4.57. The van der Waals surface area contributed by atoms with E-state index in [9.17, 15) is 0 Å². The molecule has 1 aliphatic heterocycles. The number of hydrogen-bond donors (Lipinski definition) is 2. The lowest BCUT2D eigenvalue weighted by Crippen LogP contribution is -2.30. The lowest BCUT2D eigenvalue weighted by molar-refractivity contribution is 0.318. The second kappa shape index (κ2) is 6.18. The Hall–Kier alpha value is -0.860. The van der Waals surface area contributed by atoms with E-state index in [0.717, 1.165) is 5.92 Å². The van der Waals surface area contributed by atoms with Crippen molar-refractivity contribution in [3.63, 3.8) is 0 Å². The van der Waals surface area contributed by atoms with Crippen LogP contribution < -0.4 is 10.6 Å². The Morgan fingerprint density at radius 3 is 2.65 bits per heavy atom. The highest BCUT2D eigenvalue weighted by Crippen LogP contribution is 2.27. The number of benzene rings is 1. The second-order valence-electron chi connectivity index (χ2n) is 5.13. The number of rotatable bonds is 4. The maximum Gasteiger partial charge on any atom is 0.0322 e. The summed E-state index contributed by atoms with van der Waals surface area (Å²) < 4.78 is 0. The van der Waals surface area contributed by atoms with Crippen LogP contribution >= 0.6 is 0 Å². The molecule has 0 amide bonds. The zero-order valence-electron chi connectivity index (χ0n) is 11.0. The quantitative estimate of drug-likeness (QED) is 0.834. The molecule has 2 heteroatoms. The molecule has 1 atom stereocenters. The summed E-state index contributed by atoms with van der Waals surface area (Å²) in [6.45, 7) is 4.59. The first-order valence-corrected chi connectivity index (χ1v) is 6.74. The van der Waals surface area contributed by atoms with Gasteiger partial charge in [-0.3, -0.25) is 0 Å². The van der Waals surface area contributed by atoms with Crippen LogP contribution in [0.3, 0.4) is 0 Å². The van der Waals surface area contributed by atoms with Crippen LogP contribution in [-0.4, -0.2) is 20.1 Å². The van der Waals surface area contributed by atoms with Crippen LogP contribution in [-0.2, 0) is 0 Å². The first-order valence-electron chi connectivity index (χ1n) is 6.74. The zero-order valence-corrected chi connectivity index (χ0v) is 11.0. The minimum Gasteiger partial charge on any atom is -0.317 e. The van der Waals surface area contributed by atoms with Crippen LogP contribution in [0.5, 0.6) is 0 Å². The molecule has 1 fully saturated rings. The highest BCUT2D eigenvalue weighted by molar-refractivity contribution is 5.28. The maximum absolute atomic E-state index is 3.49. The summed E-state index contributed by atoms with van der Waals surface area (Å²) in [5.41, 5.74) is 2.87. The molecule has 1 heterocycles. The lowest BCUT2D eigenvalue weighted by atomic mass is 9.87. The Bertz CT molecular complexity index is 343. The predicted octanol–water partition coefficient (Wildman–Crippen LogP) is 2.65. The van der Waals surface area contributed by atoms with Gasteiger partial charge in [-0.15, -0.1) is 0 Å². The van der Waals surface area contributed by atoms with E-state index in [4.69, 9.17) is 0 Å². The SMILES string of the molecule is CNC(CC1CCNCC1)c1ccccc1C. The van der Waals surface area contributed by atoms with Crippen molar-refractivity contribution in [1.82, 2.24) is 10.6 Å². The summed E-state index contributed by atoms with van der Waals surface area (Å²) in [5.74, 6) is 0.869. The lowest BCUT2D eigenvalue weighted by Gasteiger charge is -2.28. The van der Waals surface area contributed by atoms with Gasteiger partial charge in [-0.2, -0.15) is 0 Å². The summed E-state index contributed by atoms with van der Waals surface area (Å²) in [6, 6.07) is 9.25. The van der Waals surface area contributed by atoms with Crippen molar-refractivity contribution in [3.05, 3.63) is 35.4 Å². The van der Waals surface area contributed by atoms with Gasteiger partial charge in [-0.05, 0) is 63.4 Å². The molecule has 1 aliphatic rings. The fourth-order valence-electron chi connectivity index (χ4n) is 2.83. The third kappa shape index (κ3) is 3.30. The number of nitrogens with one attached hydrogen (secondary N) is 2. The smallest absolute Gasteiger partial charge is 0.0322 e. The normalized spacial score (nSPS) is 19.2. The third-order valence-corrected chi connectivity index (χ3v) is 3.94. The van der Waals surface area contributed by atoms with Crippen molar-refractivity contribution in [2.75, 3.05) is 20.1 Å². The summed E-state index contributed by atoms with van der Waals surface area (Å²) >= 11 is 0. The number of piperidine rings is 1. The summed E-state index contributed by atoms with van der Waals surface area (Å²) in [6.07, 6.45) is 3.91. The molecule has 0 saturated carbocycles. The van der Waals surface area contributed by atoms with Crippen LogP contribution in [0.2, 0.25) is 0 Å². The first kappa shape index (κ1) is 12.6. The van der Waals surface area contributed by atoms with Crippen LogP contribution in [0.25, 0.3) is 0 Å². The molecule has 0 bridgehead atoms. The Morgan fingerprint density at radius 1 is 1.29 bits per heavy atom. The molecule has 1 aromatic rings. The van der Waals surface area contributed by atoms with Crippen molar-refractivity contribution in [3.8, 4) is 0 Å². The largest absolute Gasteiger partial charge is 0.317 e. The Balaban J connectivity index is 2.03. The predicted molar refractivity (Wildman–Crippen MR) is 73.2 cm³/mol. The summed E-state index contributed by atoms with van der Waals surface area (Å²) in [5, 5.41) is 6.92. The van der Waals surface area contributed by atoms with Crippen molar-refractivity contribution in [2.45, 2.75) is 32.2 Å². The molecule has 94 valence electrons. The van der Waals surface area contributed by atoms with E-state index in [1.165, 1.54) is 43.5 Å². The molecule has 17 heavy (non-hydrogen) atoms. The second-order valence-corrected chi connectivity index (χ2v) is 5.13. The molecule has 1 unspecified atom stereocenters. The third-order valence-electron chi connectivity index (χ3n) is 3.94. The fourth-order valence-corrected chi connectivity index (χ4v) is 2.83. The van der Waals surface area contributed by atoms with Crippen molar-refractivity contribution < 1.29 is 0 Å². The van der Waals surface area contributed by atoms with Crippen LogP contribution in [0.15, 0.2) is 24.3 Å². The van der Waals surface area contributed by atoms with Crippen LogP contribution in [0.1, 0.15) is 36.4 Å². The minimum atomic E-state index is 0.513. The van der Waals surface area contributed by atoms with Crippen molar-refractivity contribution in [1.29, 1.82) is 0 Å². The molecule has 1 saturated heterocycles. The maximum atomic E-state index is 3.49. The highest BCUT2D eigenvalue weighted by Gasteiger charge is 2.19. The van der Waals surface area contributed by atoms with Crippen molar-refractivity contribution >= 4 is 0 Å². The van der Waals surface area contributed by atoms with Gasteiger partial charge in [0.05, 0.1) is 0 Å². The van der Waals surface area contributed by atoms with Gasteiger partial charge in [-0.1, -0.05) is 24.3 Å². The zero-order chi connectivity index (χ0) is 12.1. The average Bonchev–Trinajstić information content (AvgIpc) is 2.38. The van der Waals surface area contributed by atoms with Crippen LogP contribution in [0, 0.1) is 12.8 Å². The first-order chi connectivity index (χ1) is 8.31. The summed E-state index contributed by atoms with van der Waals surface area (Å²) in [7, 11) is 2.08. The topological polar surface area (TPSA) is 24.1 Å². The standard InChI is InChI=1S/C15H24N2/c1-12-5-3-4-6-14(12)15(16-2)11-13-7-9-17-10-8-13/h3-6,13,15-17H,7-11H2,1-2H3. The van der Waals surface area contributed by atoms with E-state index in [2.05, 4.69) is 48.9 Å². The van der Waals surface area contributed by atoms with E-state index < -0.39 is 0 Å². The van der Waals surface area contributed by atoms with Gasteiger partial charge in [0.25, 0.3) is 0 Å². The van der Waals surface area contributed by atoms with Crippen LogP contribution in [0.4, 0.5) is 0 Å². The number of aryl methyl sites for hydroxylation is 1. The van der Waals surface area contributed by atoms with Gasteiger partial charge in [0.2, 0.25) is 0 Å². The van der Waals surface area contributed by atoms with E-state index in [1.807, 2.05) is 0 Å². The molecule has 2 N–H and O–H groups in total. The van der Waals surface area contributed by atoms with E-state index >= 15 is 0 Å². The van der Waals surface area contributed by atoms with Gasteiger partial charge in [0.15, 0.2) is 0 Å². The van der Waals surface area contributed by atoms with Crippen molar-refractivity contribution in [2.24, 2.45) is 5.92 Å². The molecule has 2 rings (SSSR count). The Morgan fingerprint density at radius 2 is 2.00 bits per heavy atom. The average molecular weight is 232 g/mol. The minimum absolute atomic E-state index is 0.513.